The smallest absolute Gasteiger partial charge is 0.335 e. The Morgan fingerprint density at radius 2 is 2.05 bits per heavy atom. The van der Waals surface area contributed by atoms with E-state index in [0.29, 0.717) is 19.8 Å². The van der Waals surface area contributed by atoms with Gasteiger partial charge < -0.3 is 14.7 Å². The van der Waals surface area contributed by atoms with Crippen LogP contribution in [-0.2, 0) is 4.74 Å². The minimum Gasteiger partial charge on any atom is -0.478 e. The lowest BCUT2D eigenvalue weighted by atomic mass is 10.1. The van der Waals surface area contributed by atoms with E-state index >= 15 is 0 Å². The molecule has 112 valence electrons. The van der Waals surface area contributed by atoms with Gasteiger partial charge >= 0.3 is 5.97 Å². The van der Waals surface area contributed by atoms with Gasteiger partial charge in [-0.25, -0.2) is 4.79 Å². The number of aromatic carboxylic acids is 1. The number of rotatable bonds is 3. The van der Waals surface area contributed by atoms with Gasteiger partial charge in [-0.05, 0) is 13.0 Å². The number of nitro benzene ring substituents is 1. The van der Waals surface area contributed by atoms with Crippen molar-refractivity contribution >= 4 is 17.6 Å². The Kier molecular flexibility index (Phi) is 4.18. The summed E-state index contributed by atoms with van der Waals surface area (Å²) in [5.41, 5.74) is -0.706. The number of non-ortho nitro benzene ring substituents is 1. The number of carboxylic acid groups (broad SMARTS) is 1. The van der Waals surface area contributed by atoms with Crippen LogP contribution >= 0.6 is 0 Å². The lowest BCUT2D eigenvalue weighted by Crippen LogP contribution is -2.47. The van der Waals surface area contributed by atoms with E-state index in [1.807, 2.05) is 0 Å². The Morgan fingerprint density at radius 1 is 1.38 bits per heavy atom. The second kappa shape index (κ2) is 5.88. The zero-order valence-electron chi connectivity index (χ0n) is 11.3. The number of nitrogens with zero attached hydrogens (tertiary/aromatic N) is 2. The molecule has 0 spiro atoms. The summed E-state index contributed by atoms with van der Waals surface area (Å²) in [6.45, 7) is 2.93. The molecule has 1 aliphatic heterocycles. The van der Waals surface area contributed by atoms with Crippen LogP contribution in [0.2, 0.25) is 0 Å². The second-order valence-corrected chi connectivity index (χ2v) is 4.75. The number of hydrogen-bond acceptors (Lipinski definition) is 5. The summed E-state index contributed by atoms with van der Waals surface area (Å²) in [6, 6.07) is 3.01. The van der Waals surface area contributed by atoms with Gasteiger partial charge in [0.15, 0.2) is 0 Å². The Hall–Kier alpha value is -2.48. The van der Waals surface area contributed by atoms with E-state index in [0.717, 1.165) is 18.2 Å². The first kappa shape index (κ1) is 14.9. The molecular formula is C13H14N2O6. The highest BCUT2D eigenvalue weighted by Gasteiger charge is 2.27. The van der Waals surface area contributed by atoms with Crippen LogP contribution in [0.3, 0.4) is 0 Å². The number of nitro groups is 1. The van der Waals surface area contributed by atoms with Crippen LogP contribution in [0.5, 0.6) is 0 Å². The van der Waals surface area contributed by atoms with E-state index in [4.69, 9.17) is 9.84 Å². The number of ether oxygens (including phenoxy) is 1. The van der Waals surface area contributed by atoms with Crippen molar-refractivity contribution in [1.29, 1.82) is 0 Å². The van der Waals surface area contributed by atoms with Crippen molar-refractivity contribution in [2.45, 2.75) is 13.0 Å². The van der Waals surface area contributed by atoms with Crippen molar-refractivity contribution in [1.82, 2.24) is 4.90 Å². The molecule has 1 saturated heterocycles. The Labute approximate surface area is 120 Å². The van der Waals surface area contributed by atoms with Crippen LogP contribution in [-0.4, -0.2) is 52.6 Å². The van der Waals surface area contributed by atoms with Gasteiger partial charge in [0.2, 0.25) is 0 Å². The van der Waals surface area contributed by atoms with Gasteiger partial charge in [0.25, 0.3) is 11.6 Å². The van der Waals surface area contributed by atoms with Crippen molar-refractivity contribution < 1.29 is 24.4 Å². The van der Waals surface area contributed by atoms with E-state index < -0.39 is 22.5 Å². The first-order chi connectivity index (χ1) is 9.90. The quantitative estimate of drug-likeness (QED) is 0.661. The Morgan fingerprint density at radius 3 is 2.62 bits per heavy atom. The van der Waals surface area contributed by atoms with Crippen LogP contribution in [0.25, 0.3) is 0 Å². The highest BCUT2D eigenvalue weighted by Crippen LogP contribution is 2.20. The largest absolute Gasteiger partial charge is 0.478 e. The third kappa shape index (κ3) is 3.16. The average Bonchev–Trinajstić information content (AvgIpc) is 2.46. The molecule has 1 aromatic carbocycles. The molecule has 1 amide bonds. The van der Waals surface area contributed by atoms with Crippen molar-refractivity contribution in [3.05, 3.63) is 39.4 Å². The molecule has 1 atom stereocenters. The van der Waals surface area contributed by atoms with Gasteiger partial charge in [-0.2, -0.15) is 0 Å². The van der Waals surface area contributed by atoms with Crippen molar-refractivity contribution in [3.63, 3.8) is 0 Å². The predicted octanol–water partition coefficient (Wildman–Crippen LogP) is 1.15. The molecule has 0 bridgehead atoms. The fraction of sp³-hybridized carbons (Fsp3) is 0.385. The molecule has 21 heavy (non-hydrogen) atoms. The maximum absolute atomic E-state index is 12.4. The van der Waals surface area contributed by atoms with E-state index in [-0.39, 0.29) is 17.2 Å². The summed E-state index contributed by atoms with van der Waals surface area (Å²) in [4.78, 5) is 35.1. The molecule has 1 unspecified atom stereocenters. The second-order valence-electron chi connectivity index (χ2n) is 4.75. The van der Waals surface area contributed by atoms with E-state index in [1.165, 1.54) is 4.90 Å². The summed E-state index contributed by atoms with van der Waals surface area (Å²) < 4.78 is 5.23. The Bertz CT molecular complexity index is 568. The highest BCUT2D eigenvalue weighted by atomic mass is 16.6. The normalized spacial score (nSPS) is 18.3. The number of amides is 1. The van der Waals surface area contributed by atoms with Gasteiger partial charge in [-0.15, -0.1) is 0 Å². The maximum Gasteiger partial charge on any atom is 0.335 e. The predicted molar refractivity (Wildman–Crippen MR) is 71.4 cm³/mol. The topological polar surface area (TPSA) is 110 Å². The number of hydrogen-bond donors (Lipinski definition) is 1. The summed E-state index contributed by atoms with van der Waals surface area (Å²) >= 11 is 0. The van der Waals surface area contributed by atoms with Gasteiger partial charge in [0.05, 0.1) is 29.7 Å². The van der Waals surface area contributed by atoms with Gasteiger partial charge in [-0.1, -0.05) is 0 Å². The fourth-order valence-electron chi connectivity index (χ4n) is 2.16. The molecule has 8 nitrogen and oxygen atoms in total. The van der Waals surface area contributed by atoms with Crippen LogP contribution < -0.4 is 0 Å². The molecule has 1 aromatic rings. The molecule has 1 N–H and O–H groups in total. The van der Waals surface area contributed by atoms with Gasteiger partial charge in [0.1, 0.15) is 0 Å². The molecule has 0 radical (unpaired) electrons. The molecule has 8 heteroatoms. The van der Waals surface area contributed by atoms with Crippen LogP contribution in [0.4, 0.5) is 5.69 Å². The van der Waals surface area contributed by atoms with Crippen LogP contribution in [0, 0.1) is 10.1 Å². The minimum atomic E-state index is -1.32. The summed E-state index contributed by atoms with van der Waals surface area (Å²) in [6.07, 6.45) is 0. The molecule has 1 aliphatic rings. The monoisotopic (exact) mass is 294 g/mol. The van der Waals surface area contributed by atoms with E-state index in [2.05, 4.69) is 0 Å². The van der Waals surface area contributed by atoms with Crippen molar-refractivity contribution in [3.8, 4) is 0 Å². The van der Waals surface area contributed by atoms with Crippen LogP contribution in [0.15, 0.2) is 18.2 Å². The number of carbonyl (C=O) groups is 2. The SMILES string of the molecule is CC1COCCN1C(=O)c1cc(C(=O)O)cc([N+](=O)[O-])c1. The first-order valence-electron chi connectivity index (χ1n) is 6.31. The maximum atomic E-state index is 12.4. The number of benzene rings is 1. The molecule has 0 aliphatic carbocycles. The summed E-state index contributed by atoms with van der Waals surface area (Å²) in [5.74, 6) is -1.75. The standard InChI is InChI=1S/C13H14N2O6/c1-8-7-21-3-2-14(8)12(16)9-4-10(13(17)18)6-11(5-9)15(19)20/h4-6,8H,2-3,7H2,1H3,(H,17,18). The van der Waals surface area contributed by atoms with Gasteiger partial charge in [0, 0.05) is 24.2 Å². The van der Waals surface area contributed by atoms with E-state index in [1.54, 1.807) is 6.92 Å². The molecule has 0 aromatic heterocycles. The molecule has 1 heterocycles. The van der Waals surface area contributed by atoms with Gasteiger partial charge in [-0.3, -0.25) is 14.9 Å². The molecule has 2 rings (SSSR count). The molecule has 1 fully saturated rings. The molecular weight excluding hydrogens is 280 g/mol. The number of carbonyl (C=O) groups excluding carboxylic acids is 1. The third-order valence-corrected chi connectivity index (χ3v) is 3.25. The Balaban J connectivity index is 2.39. The zero-order valence-corrected chi connectivity index (χ0v) is 11.3. The summed E-state index contributed by atoms with van der Waals surface area (Å²) in [7, 11) is 0. The summed E-state index contributed by atoms with van der Waals surface area (Å²) in [5, 5.41) is 19.9. The van der Waals surface area contributed by atoms with Crippen LogP contribution in [0.1, 0.15) is 27.6 Å². The number of carboxylic acids is 1. The third-order valence-electron chi connectivity index (χ3n) is 3.25. The lowest BCUT2D eigenvalue weighted by molar-refractivity contribution is -0.384. The van der Waals surface area contributed by atoms with Crippen molar-refractivity contribution in [2.24, 2.45) is 0 Å². The minimum absolute atomic E-state index is 0.00431. The molecule has 0 saturated carbocycles. The highest BCUT2D eigenvalue weighted by molar-refractivity contribution is 5.98. The first-order valence-corrected chi connectivity index (χ1v) is 6.31. The van der Waals surface area contributed by atoms with E-state index in [9.17, 15) is 19.7 Å². The lowest BCUT2D eigenvalue weighted by Gasteiger charge is -2.33. The fourth-order valence-corrected chi connectivity index (χ4v) is 2.16. The number of morpholine rings is 1. The average molecular weight is 294 g/mol. The van der Waals surface area contributed by atoms with Crippen molar-refractivity contribution in [2.75, 3.05) is 19.8 Å². The zero-order chi connectivity index (χ0) is 15.6.